The molecule has 0 radical (unpaired) electrons. The molecule has 3 amide bonds. The van der Waals surface area contributed by atoms with E-state index in [4.69, 9.17) is 25.8 Å². The molecular formula is C37H43ClN4O6S. The minimum absolute atomic E-state index is 0.00878. The molecule has 2 bridgehead atoms. The van der Waals surface area contributed by atoms with Crippen molar-refractivity contribution in [3.05, 3.63) is 69.8 Å². The number of nitrogens with one attached hydrogen (secondary N) is 2. The SMILES string of the molecule is CO[C@H]1C2=CC[C@@H]2CS(=O)(NC(=O)N[C@H]2[C@@H]3COC[C@@H]32)=NC(=O)c2ccc3c(c2)N(C[C@@H]2CC[C@H]21)C[C@@]1(CCCc2cc(Cl)ccc21)CO3. The van der Waals surface area contributed by atoms with Crippen molar-refractivity contribution >= 4 is 39.1 Å². The van der Waals surface area contributed by atoms with E-state index in [0.717, 1.165) is 67.2 Å². The number of amides is 3. The highest BCUT2D eigenvalue weighted by Gasteiger charge is 2.55. The van der Waals surface area contributed by atoms with Crippen molar-refractivity contribution in [2.75, 3.05) is 50.7 Å². The Morgan fingerprint density at radius 1 is 1.14 bits per heavy atom. The van der Waals surface area contributed by atoms with Gasteiger partial charge in [0.2, 0.25) is 0 Å². The first-order valence-electron chi connectivity index (χ1n) is 17.7. The third-order valence-electron chi connectivity index (χ3n) is 12.5. The number of rotatable bonds is 3. The third-order valence-corrected chi connectivity index (χ3v) is 14.5. The largest absolute Gasteiger partial charge is 0.490 e. The molecule has 4 aliphatic carbocycles. The minimum atomic E-state index is -3.49. The highest BCUT2D eigenvalue weighted by Crippen LogP contribution is 2.49. The lowest BCUT2D eigenvalue weighted by atomic mass is 9.65. The zero-order chi connectivity index (χ0) is 33.5. The molecule has 2 aromatic rings. The summed E-state index contributed by atoms with van der Waals surface area (Å²) in [6, 6.07) is 11.1. The summed E-state index contributed by atoms with van der Waals surface area (Å²) in [5.41, 5.74) is 4.60. The van der Waals surface area contributed by atoms with Crippen LogP contribution in [-0.2, 0) is 31.2 Å². The van der Waals surface area contributed by atoms with Crippen LogP contribution in [-0.4, -0.2) is 74.1 Å². The molecule has 3 heterocycles. The van der Waals surface area contributed by atoms with Gasteiger partial charge in [0.05, 0.1) is 37.4 Å². The Balaban J connectivity index is 1.10. The second kappa shape index (κ2) is 12.0. The fourth-order valence-corrected chi connectivity index (χ4v) is 11.6. The predicted octanol–water partition coefficient (Wildman–Crippen LogP) is 5.28. The van der Waals surface area contributed by atoms with Gasteiger partial charge in [0, 0.05) is 54.1 Å². The van der Waals surface area contributed by atoms with Crippen LogP contribution in [0, 0.1) is 29.6 Å². The number of carbonyl (C=O) groups excluding carboxylic acids is 2. The monoisotopic (exact) mass is 706 g/mol. The number of halogens is 1. The zero-order valence-corrected chi connectivity index (χ0v) is 29.3. The zero-order valence-electron chi connectivity index (χ0n) is 27.7. The summed E-state index contributed by atoms with van der Waals surface area (Å²) >= 11 is 6.45. The van der Waals surface area contributed by atoms with E-state index in [9.17, 15) is 13.8 Å². The number of methoxy groups -OCH3 is 1. The Bertz CT molecular complexity index is 1870. The first-order valence-corrected chi connectivity index (χ1v) is 19.8. The lowest BCUT2D eigenvalue weighted by molar-refractivity contribution is -0.00148. The van der Waals surface area contributed by atoms with E-state index in [0.29, 0.717) is 43.6 Å². The van der Waals surface area contributed by atoms with Crippen LogP contribution in [0.2, 0.25) is 5.02 Å². The number of carbonyl (C=O) groups is 2. The van der Waals surface area contributed by atoms with Crippen molar-refractivity contribution in [2.24, 2.45) is 34.0 Å². The highest BCUT2D eigenvalue weighted by atomic mass is 35.5. The number of allylic oxidation sites excluding steroid dienone is 1. The first kappa shape index (κ1) is 31.8. The van der Waals surface area contributed by atoms with E-state index in [1.165, 1.54) is 11.1 Å². The smallest absolute Gasteiger partial charge is 0.327 e. The van der Waals surface area contributed by atoms with Crippen LogP contribution in [0.5, 0.6) is 5.75 Å². The van der Waals surface area contributed by atoms with Crippen LogP contribution >= 0.6 is 11.6 Å². The Kier molecular flexibility index (Phi) is 7.79. The second-order valence-corrected chi connectivity index (χ2v) is 17.7. The van der Waals surface area contributed by atoms with Gasteiger partial charge in [0.15, 0.2) is 0 Å². The summed E-state index contributed by atoms with van der Waals surface area (Å²) < 4.78 is 39.9. The number of fused-ring (bicyclic) bond motifs is 6. The van der Waals surface area contributed by atoms with Gasteiger partial charge in [-0.1, -0.05) is 23.7 Å². The topological polar surface area (TPSA) is 119 Å². The lowest BCUT2D eigenvalue weighted by Gasteiger charge is -2.48. The second-order valence-electron chi connectivity index (χ2n) is 15.3. The van der Waals surface area contributed by atoms with Gasteiger partial charge in [0.25, 0.3) is 5.91 Å². The maximum Gasteiger partial charge on any atom is 0.327 e. The van der Waals surface area contributed by atoms with Crippen molar-refractivity contribution in [3.63, 3.8) is 0 Å². The number of nitrogens with zero attached hydrogens (tertiary/aromatic N) is 2. The van der Waals surface area contributed by atoms with Gasteiger partial charge < -0.3 is 24.4 Å². The summed E-state index contributed by atoms with van der Waals surface area (Å²) in [4.78, 5) is 29.6. The number of aryl methyl sites for hydroxylation is 1. The Morgan fingerprint density at radius 2 is 2.00 bits per heavy atom. The molecule has 2 N–H and O–H groups in total. The van der Waals surface area contributed by atoms with Crippen LogP contribution in [0.3, 0.4) is 0 Å². The molecular weight excluding hydrogens is 664 g/mol. The van der Waals surface area contributed by atoms with Gasteiger partial charge >= 0.3 is 6.03 Å². The molecule has 10 nitrogen and oxygen atoms in total. The lowest BCUT2D eigenvalue weighted by Crippen LogP contribution is -2.51. The quantitative estimate of drug-likeness (QED) is 0.417. The highest BCUT2D eigenvalue weighted by molar-refractivity contribution is 7.92. The van der Waals surface area contributed by atoms with Crippen molar-refractivity contribution in [3.8, 4) is 5.75 Å². The van der Waals surface area contributed by atoms with Crippen LogP contribution in [0.4, 0.5) is 10.5 Å². The molecule has 1 saturated heterocycles. The van der Waals surface area contributed by atoms with Crippen molar-refractivity contribution in [1.82, 2.24) is 10.0 Å². The Morgan fingerprint density at radius 3 is 2.76 bits per heavy atom. The van der Waals surface area contributed by atoms with E-state index >= 15 is 0 Å². The normalized spacial score (nSPS) is 37.2. The van der Waals surface area contributed by atoms with Crippen molar-refractivity contribution in [1.29, 1.82) is 0 Å². The maximum atomic E-state index is 14.6. The van der Waals surface area contributed by atoms with E-state index in [-0.39, 0.29) is 41.1 Å². The van der Waals surface area contributed by atoms with Crippen LogP contribution in [0.1, 0.15) is 53.6 Å². The Labute approximate surface area is 292 Å². The predicted molar refractivity (Wildman–Crippen MR) is 186 cm³/mol. The molecule has 260 valence electrons. The van der Waals surface area contributed by atoms with Gasteiger partial charge in [-0.3, -0.25) is 9.52 Å². The molecule has 49 heavy (non-hydrogen) atoms. The van der Waals surface area contributed by atoms with E-state index in [1.807, 2.05) is 18.2 Å². The summed E-state index contributed by atoms with van der Waals surface area (Å²) in [7, 11) is -1.73. The van der Waals surface area contributed by atoms with Crippen LogP contribution in [0.15, 0.2) is 52.4 Å². The summed E-state index contributed by atoms with van der Waals surface area (Å²) in [6.07, 6.45) is 7.89. The Hall–Kier alpha value is -3.12. The van der Waals surface area contributed by atoms with Gasteiger partial charge in [-0.15, -0.1) is 4.36 Å². The molecule has 0 aromatic heterocycles. The number of hydrogen-bond acceptors (Lipinski definition) is 7. The molecule has 1 spiro atoms. The average Bonchev–Trinajstić information content (AvgIpc) is 3.49. The maximum absolute atomic E-state index is 14.6. The molecule has 1 unspecified atom stereocenters. The number of hydrogen-bond donors (Lipinski definition) is 2. The number of benzene rings is 2. The van der Waals surface area contributed by atoms with Crippen LogP contribution in [0.25, 0.3) is 0 Å². The fourth-order valence-electron chi connectivity index (χ4n) is 9.58. The molecule has 3 aliphatic heterocycles. The molecule has 3 fully saturated rings. The summed E-state index contributed by atoms with van der Waals surface area (Å²) in [6.45, 7) is 3.30. The number of anilines is 1. The van der Waals surface area contributed by atoms with Crippen LogP contribution < -0.4 is 19.7 Å². The molecule has 9 rings (SSSR count). The average molecular weight is 707 g/mol. The third kappa shape index (κ3) is 5.56. The molecule has 2 saturated carbocycles. The fraction of sp³-hybridized carbons (Fsp3) is 0.568. The van der Waals surface area contributed by atoms with Crippen molar-refractivity contribution < 1.29 is 28.0 Å². The van der Waals surface area contributed by atoms with E-state index in [1.54, 1.807) is 13.2 Å². The minimum Gasteiger partial charge on any atom is -0.490 e. The molecule has 9 atom stereocenters. The molecule has 2 aromatic carbocycles. The van der Waals surface area contributed by atoms with Gasteiger partial charge in [-0.25, -0.2) is 9.00 Å². The standard InChI is InChI=1S/C37H43ClN4O6S/c1-46-34-26-8-4-23(26)15-42-19-37(12-2-3-21-13-25(38)7-10-30(21)37)20-48-32-11-6-22(14-31(32)42)35(43)40-49(45,18-24-5-9-27(24)34)41-36(44)39-33-28-16-47-17-29(28)33/h6-7,9-11,13-14,23-24,26,28-29,33-34H,2-5,8,12,15-20H2,1H3,(H2,39,40,41,43,44,45)/t23-,24+,26+,28-,29+,33+,34+,37-,49?/m0/s1. The van der Waals surface area contributed by atoms with Gasteiger partial charge in [-0.2, -0.15) is 0 Å². The summed E-state index contributed by atoms with van der Waals surface area (Å²) in [5.74, 6) is 1.29. The van der Waals surface area contributed by atoms with Crippen molar-refractivity contribution in [2.45, 2.75) is 56.1 Å². The van der Waals surface area contributed by atoms with Gasteiger partial charge in [-0.05, 0) is 103 Å². The van der Waals surface area contributed by atoms with Gasteiger partial charge in [0.1, 0.15) is 15.7 Å². The van der Waals surface area contributed by atoms with E-state index < -0.39 is 21.9 Å². The number of ether oxygens (including phenoxy) is 3. The molecule has 7 aliphatic rings. The van der Waals surface area contributed by atoms with E-state index in [2.05, 4.69) is 37.5 Å². The first-order chi connectivity index (χ1) is 23.7. The number of urea groups is 1. The molecule has 12 heteroatoms. The summed E-state index contributed by atoms with van der Waals surface area (Å²) in [5, 5.41) is 3.71.